The molecule has 0 bridgehead atoms. The second-order valence-corrected chi connectivity index (χ2v) is 4.71. The van der Waals surface area contributed by atoms with Gasteiger partial charge in [-0.3, -0.25) is 4.90 Å². The zero-order valence-electron chi connectivity index (χ0n) is 11.7. The van der Waals surface area contributed by atoms with Crippen LogP contribution < -0.4 is 10.1 Å². The van der Waals surface area contributed by atoms with Gasteiger partial charge in [0.2, 0.25) is 0 Å². The van der Waals surface area contributed by atoms with E-state index in [9.17, 15) is 0 Å². The molecule has 4 heteroatoms. The summed E-state index contributed by atoms with van der Waals surface area (Å²) in [6.07, 6.45) is 0. The third kappa shape index (κ3) is 5.19. The minimum atomic E-state index is 0.719. The molecule has 0 spiro atoms. The van der Waals surface area contributed by atoms with Crippen molar-refractivity contribution in [1.29, 1.82) is 0 Å². The molecule has 0 unspecified atom stereocenters. The van der Waals surface area contributed by atoms with E-state index in [1.807, 2.05) is 19.1 Å². The van der Waals surface area contributed by atoms with Crippen LogP contribution in [0.5, 0.6) is 5.75 Å². The molecule has 0 saturated carbocycles. The molecule has 0 aromatic heterocycles. The second kappa shape index (κ2) is 8.15. The summed E-state index contributed by atoms with van der Waals surface area (Å²) in [6, 6.07) is 8.30. The molecule has 1 heterocycles. The first-order chi connectivity index (χ1) is 9.38. The quantitative estimate of drug-likeness (QED) is 0.757. The predicted molar refractivity (Wildman–Crippen MR) is 76.6 cm³/mol. The highest BCUT2D eigenvalue weighted by Gasteiger charge is 2.08. The molecule has 0 atom stereocenters. The van der Waals surface area contributed by atoms with Crippen molar-refractivity contribution in [3.05, 3.63) is 29.8 Å². The van der Waals surface area contributed by atoms with Crippen LogP contribution in [-0.2, 0) is 11.3 Å². The van der Waals surface area contributed by atoms with Crippen molar-refractivity contribution >= 4 is 0 Å². The SMILES string of the molecule is CCOc1ccc(CNCCN2CCOCC2)cc1. The van der Waals surface area contributed by atoms with E-state index in [-0.39, 0.29) is 0 Å². The summed E-state index contributed by atoms with van der Waals surface area (Å²) < 4.78 is 10.8. The van der Waals surface area contributed by atoms with Gasteiger partial charge in [0.1, 0.15) is 5.75 Å². The summed E-state index contributed by atoms with van der Waals surface area (Å²) in [4.78, 5) is 2.44. The van der Waals surface area contributed by atoms with E-state index in [2.05, 4.69) is 22.3 Å². The van der Waals surface area contributed by atoms with Crippen LogP contribution in [0.4, 0.5) is 0 Å². The lowest BCUT2D eigenvalue weighted by Gasteiger charge is -2.26. The molecule has 0 amide bonds. The van der Waals surface area contributed by atoms with Crippen molar-refractivity contribution in [3.8, 4) is 5.75 Å². The molecule has 1 aromatic rings. The Morgan fingerprint density at radius 3 is 2.63 bits per heavy atom. The molecule has 19 heavy (non-hydrogen) atoms. The van der Waals surface area contributed by atoms with Crippen LogP contribution in [-0.4, -0.2) is 50.9 Å². The van der Waals surface area contributed by atoms with Crippen LogP contribution in [0, 0.1) is 0 Å². The van der Waals surface area contributed by atoms with Crippen molar-refractivity contribution in [3.63, 3.8) is 0 Å². The van der Waals surface area contributed by atoms with Crippen LogP contribution in [0.2, 0.25) is 0 Å². The Morgan fingerprint density at radius 2 is 1.95 bits per heavy atom. The molecule has 4 nitrogen and oxygen atoms in total. The molecular formula is C15H24N2O2. The highest BCUT2D eigenvalue weighted by molar-refractivity contribution is 5.27. The predicted octanol–water partition coefficient (Wildman–Crippen LogP) is 1.51. The van der Waals surface area contributed by atoms with Gasteiger partial charge in [0.15, 0.2) is 0 Å². The minimum Gasteiger partial charge on any atom is -0.494 e. The average Bonchev–Trinajstić information content (AvgIpc) is 2.47. The Bertz CT molecular complexity index is 348. The summed E-state index contributed by atoms with van der Waals surface area (Å²) in [5.41, 5.74) is 1.30. The first kappa shape index (κ1) is 14.3. The molecule has 1 aliphatic heterocycles. The van der Waals surface area contributed by atoms with E-state index in [0.717, 1.165) is 58.3 Å². The van der Waals surface area contributed by atoms with Crippen molar-refractivity contribution in [2.24, 2.45) is 0 Å². The van der Waals surface area contributed by atoms with Gasteiger partial charge in [-0.15, -0.1) is 0 Å². The maximum absolute atomic E-state index is 5.43. The number of ether oxygens (including phenoxy) is 2. The van der Waals surface area contributed by atoms with Crippen LogP contribution in [0.1, 0.15) is 12.5 Å². The maximum Gasteiger partial charge on any atom is 0.119 e. The Kier molecular flexibility index (Phi) is 6.14. The maximum atomic E-state index is 5.43. The number of rotatable bonds is 7. The van der Waals surface area contributed by atoms with Gasteiger partial charge in [0, 0.05) is 32.7 Å². The lowest BCUT2D eigenvalue weighted by Crippen LogP contribution is -2.40. The van der Waals surface area contributed by atoms with Crippen LogP contribution in [0.15, 0.2) is 24.3 Å². The number of nitrogens with zero attached hydrogens (tertiary/aromatic N) is 1. The van der Waals surface area contributed by atoms with Crippen LogP contribution in [0.3, 0.4) is 0 Å². The highest BCUT2D eigenvalue weighted by Crippen LogP contribution is 2.11. The van der Waals surface area contributed by atoms with E-state index in [1.54, 1.807) is 0 Å². The molecule has 0 aliphatic carbocycles. The van der Waals surface area contributed by atoms with Gasteiger partial charge < -0.3 is 14.8 Å². The van der Waals surface area contributed by atoms with E-state index in [0.29, 0.717) is 0 Å². The number of nitrogens with one attached hydrogen (secondary N) is 1. The third-order valence-electron chi connectivity index (χ3n) is 3.27. The molecular weight excluding hydrogens is 240 g/mol. The fraction of sp³-hybridized carbons (Fsp3) is 0.600. The number of benzene rings is 1. The van der Waals surface area contributed by atoms with E-state index in [1.165, 1.54) is 5.56 Å². The molecule has 1 saturated heterocycles. The van der Waals surface area contributed by atoms with E-state index >= 15 is 0 Å². The average molecular weight is 264 g/mol. The summed E-state index contributed by atoms with van der Waals surface area (Å²) in [6.45, 7) is 9.62. The molecule has 1 N–H and O–H groups in total. The van der Waals surface area contributed by atoms with Gasteiger partial charge in [-0.1, -0.05) is 12.1 Å². The Balaban J connectivity index is 1.62. The summed E-state index contributed by atoms with van der Waals surface area (Å²) in [7, 11) is 0. The summed E-state index contributed by atoms with van der Waals surface area (Å²) in [5, 5.41) is 3.48. The van der Waals surface area contributed by atoms with E-state index < -0.39 is 0 Å². The Hall–Kier alpha value is -1.10. The first-order valence-electron chi connectivity index (χ1n) is 7.11. The standard InChI is InChI=1S/C15H24N2O2/c1-2-19-15-5-3-14(4-6-15)13-16-7-8-17-9-11-18-12-10-17/h3-6,16H,2,7-13H2,1H3. The normalized spacial score (nSPS) is 16.5. The smallest absolute Gasteiger partial charge is 0.119 e. The van der Waals surface area contributed by atoms with Gasteiger partial charge in [-0.25, -0.2) is 0 Å². The van der Waals surface area contributed by atoms with Crippen LogP contribution in [0.25, 0.3) is 0 Å². The zero-order valence-corrected chi connectivity index (χ0v) is 11.7. The largest absolute Gasteiger partial charge is 0.494 e. The monoisotopic (exact) mass is 264 g/mol. The second-order valence-electron chi connectivity index (χ2n) is 4.71. The minimum absolute atomic E-state index is 0.719. The topological polar surface area (TPSA) is 33.7 Å². The lowest BCUT2D eigenvalue weighted by molar-refractivity contribution is 0.0384. The van der Waals surface area contributed by atoms with Gasteiger partial charge in [-0.2, -0.15) is 0 Å². The summed E-state index contributed by atoms with van der Waals surface area (Å²) in [5.74, 6) is 0.944. The van der Waals surface area contributed by atoms with Gasteiger partial charge in [0.25, 0.3) is 0 Å². The van der Waals surface area contributed by atoms with Crippen molar-refractivity contribution < 1.29 is 9.47 Å². The van der Waals surface area contributed by atoms with Crippen molar-refractivity contribution in [2.75, 3.05) is 46.0 Å². The molecule has 1 fully saturated rings. The fourth-order valence-corrected chi connectivity index (χ4v) is 2.16. The van der Waals surface area contributed by atoms with Crippen molar-refractivity contribution in [2.45, 2.75) is 13.5 Å². The number of hydrogen-bond donors (Lipinski definition) is 1. The van der Waals surface area contributed by atoms with Crippen molar-refractivity contribution in [1.82, 2.24) is 10.2 Å². The molecule has 106 valence electrons. The Morgan fingerprint density at radius 1 is 1.21 bits per heavy atom. The third-order valence-corrected chi connectivity index (χ3v) is 3.27. The zero-order chi connectivity index (χ0) is 13.3. The molecule has 2 rings (SSSR count). The summed E-state index contributed by atoms with van der Waals surface area (Å²) >= 11 is 0. The number of hydrogen-bond acceptors (Lipinski definition) is 4. The first-order valence-corrected chi connectivity index (χ1v) is 7.11. The van der Waals surface area contributed by atoms with Gasteiger partial charge >= 0.3 is 0 Å². The fourth-order valence-electron chi connectivity index (χ4n) is 2.16. The van der Waals surface area contributed by atoms with Gasteiger partial charge in [-0.05, 0) is 24.6 Å². The Labute approximate surface area is 115 Å². The van der Waals surface area contributed by atoms with E-state index in [4.69, 9.17) is 9.47 Å². The number of morpholine rings is 1. The highest BCUT2D eigenvalue weighted by atomic mass is 16.5. The molecule has 1 aromatic carbocycles. The van der Waals surface area contributed by atoms with Gasteiger partial charge in [0.05, 0.1) is 19.8 Å². The molecule has 0 radical (unpaired) electrons. The van der Waals surface area contributed by atoms with Crippen LogP contribution >= 0.6 is 0 Å². The lowest BCUT2D eigenvalue weighted by atomic mass is 10.2. The molecule has 1 aliphatic rings.